The lowest BCUT2D eigenvalue weighted by Crippen LogP contribution is -2.34. The quantitative estimate of drug-likeness (QED) is 0.715. The molecule has 1 saturated heterocycles. The van der Waals surface area contributed by atoms with Gasteiger partial charge in [0.1, 0.15) is 6.54 Å². The highest BCUT2D eigenvalue weighted by Gasteiger charge is 2.26. The minimum Gasteiger partial charge on any atom is -0.339 e. The van der Waals surface area contributed by atoms with Gasteiger partial charge < -0.3 is 4.52 Å². The van der Waals surface area contributed by atoms with Crippen LogP contribution in [0.1, 0.15) is 36.0 Å². The van der Waals surface area contributed by atoms with Gasteiger partial charge in [-0.2, -0.15) is 4.98 Å². The second-order valence-corrected chi connectivity index (χ2v) is 6.21. The fourth-order valence-electron chi connectivity index (χ4n) is 3.20. The van der Waals surface area contributed by atoms with Crippen LogP contribution in [0.3, 0.4) is 0 Å². The van der Waals surface area contributed by atoms with Gasteiger partial charge in [0.15, 0.2) is 5.82 Å². The smallest absolute Gasteiger partial charge is 0.231 e. The fraction of sp³-hybridized carbons (Fsp3) is 0.412. The molecule has 7 nitrogen and oxygen atoms in total. The lowest BCUT2D eigenvalue weighted by Gasteiger charge is -2.30. The van der Waals surface area contributed by atoms with Crippen LogP contribution in [0, 0.1) is 0 Å². The summed E-state index contributed by atoms with van der Waals surface area (Å²) in [7, 11) is 0. The molecular formula is C17H20N6O. The normalized spacial score (nSPS) is 18.8. The number of benzene rings is 1. The molecule has 0 amide bonds. The monoisotopic (exact) mass is 324 g/mol. The highest BCUT2D eigenvalue weighted by Crippen LogP contribution is 2.26. The molecule has 3 heterocycles. The average molecular weight is 324 g/mol. The van der Waals surface area contributed by atoms with Crippen molar-refractivity contribution >= 4 is 0 Å². The summed E-state index contributed by atoms with van der Waals surface area (Å²) < 4.78 is 7.19. The van der Waals surface area contributed by atoms with Gasteiger partial charge >= 0.3 is 0 Å². The second kappa shape index (κ2) is 6.92. The molecule has 1 aromatic carbocycles. The van der Waals surface area contributed by atoms with E-state index in [9.17, 15) is 0 Å². The summed E-state index contributed by atoms with van der Waals surface area (Å²) in [6.07, 6.45) is 5.68. The number of piperidine rings is 1. The lowest BCUT2D eigenvalue weighted by atomic mass is 9.97. The maximum Gasteiger partial charge on any atom is 0.231 e. The van der Waals surface area contributed by atoms with Gasteiger partial charge in [-0.25, -0.2) is 4.68 Å². The van der Waals surface area contributed by atoms with Gasteiger partial charge in [-0.1, -0.05) is 40.7 Å². The Morgan fingerprint density at radius 1 is 1.17 bits per heavy atom. The largest absolute Gasteiger partial charge is 0.339 e. The van der Waals surface area contributed by atoms with Crippen LogP contribution in [0.5, 0.6) is 0 Å². The van der Waals surface area contributed by atoms with Crippen molar-refractivity contribution in [3.8, 4) is 0 Å². The van der Waals surface area contributed by atoms with E-state index in [1.54, 1.807) is 17.1 Å². The van der Waals surface area contributed by atoms with Crippen LogP contribution < -0.4 is 0 Å². The van der Waals surface area contributed by atoms with Gasteiger partial charge in [0.25, 0.3) is 0 Å². The molecule has 0 aliphatic carbocycles. The second-order valence-electron chi connectivity index (χ2n) is 6.21. The van der Waals surface area contributed by atoms with Crippen molar-refractivity contribution in [2.75, 3.05) is 13.1 Å². The first-order valence-corrected chi connectivity index (χ1v) is 8.30. The van der Waals surface area contributed by atoms with Crippen molar-refractivity contribution in [1.82, 2.24) is 30.0 Å². The van der Waals surface area contributed by atoms with Crippen LogP contribution in [-0.4, -0.2) is 43.1 Å². The molecule has 0 bridgehead atoms. The highest BCUT2D eigenvalue weighted by molar-refractivity contribution is 5.14. The average Bonchev–Trinajstić information content (AvgIpc) is 3.29. The number of nitrogens with zero attached hydrogens (tertiary/aromatic N) is 6. The van der Waals surface area contributed by atoms with E-state index >= 15 is 0 Å². The molecule has 7 heteroatoms. The lowest BCUT2D eigenvalue weighted by molar-refractivity contribution is 0.180. The minimum absolute atomic E-state index is 0.305. The molecule has 0 radical (unpaired) electrons. The molecular weight excluding hydrogens is 304 g/mol. The van der Waals surface area contributed by atoms with Crippen molar-refractivity contribution < 1.29 is 4.52 Å². The zero-order valence-electron chi connectivity index (χ0n) is 13.5. The zero-order chi connectivity index (χ0) is 16.2. The Morgan fingerprint density at radius 3 is 2.92 bits per heavy atom. The molecule has 1 fully saturated rings. The topological polar surface area (TPSA) is 72.9 Å². The predicted octanol–water partition coefficient (Wildman–Crippen LogP) is 2.09. The van der Waals surface area contributed by atoms with Crippen molar-refractivity contribution in [1.29, 1.82) is 0 Å². The molecule has 1 aliphatic heterocycles. The first-order valence-electron chi connectivity index (χ1n) is 8.30. The summed E-state index contributed by atoms with van der Waals surface area (Å²) >= 11 is 0. The summed E-state index contributed by atoms with van der Waals surface area (Å²) in [6, 6.07) is 10.6. The van der Waals surface area contributed by atoms with Crippen LogP contribution in [0.25, 0.3) is 0 Å². The van der Waals surface area contributed by atoms with Crippen LogP contribution in [-0.2, 0) is 13.1 Å². The Labute approximate surface area is 140 Å². The third-order valence-electron chi connectivity index (χ3n) is 4.36. The van der Waals surface area contributed by atoms with Crippen LogP contribution in [0.15, 0.2) is 47.2 Å². The Morgan fingerprint density at radius 2 is 2.08 bits per heavy atom. The predicted molar refractivity (Wildman–Crippen MR) is 87.1 cm³/mol. The van der Waals surface area contributed by atoms with Gasteiger partial charge in [0, 0.05) is 19.3 Å². The Bertz CT molecular complexity index is 755. The fourth-order valence-corrected chi connectivity index (χ4v) is 3.20. The van der Waals surface area contributed by atoms with Crippen molar-refractivity contribution in [2.24, 2.45) is 0 Å². The standard InChI is InChI=1S/C17H20N6O/c1-2-5-14(6-3-1)11-22-9-4-7-15(12-22)17-19-16(20-24-17)13-23-10-8-18-21-23/h1-3,5-6,8,10,15H,4,7,9,11-13H2. The van der Waals surface area contributed by atoms with E-state index in [2.05, 4.69) is 55.7 Å². The van der Waals surface area contributed by atoms with Crippen LogP contribution in [0.2, 0.25) is 0 Å². The molecule has 24 heavy (non-hydrogen) atoms. The number of aromatic nitrogens is 5. The van der Waals surface area contributed by atoms with E-state index in [1.165, 1.54) is 5.56 Å². The van der Waals surface area contributed by atoms with Gasteiger partial charge in [0.2, 0.25) is 5.89 Å². The molecule has 1 aliphatic rings. The van der Waals surface area contributed by atoms with Crippen LogP contribution >= 0.6 is 0 Å². The maximum absolute atomic E-state index is 5.50. The van der Waals surface area contributed by atoms with Gasteiger partial charge in [-0.05, 0) is 24.9 Å². The Kier molecular flexibility index (Phi) is 4.33. The zero-order valence-corrected chi connectivity index (χ0v) is 13.5. The van der Waals surface area contributed by atoms with Gasteiger partial charge in [-0.3, -0.25) is 4.90 Å². The molecule has 3 aromatic rings. The van der Waals surface area contributed by atoms with Crippen molar-refractivity contribution in [3.05, 3.63) is 60.0 Å². The minimum atomic E-state index is 0.305. The number of likely N-dealkylation sites (tertiary alicyclic amines) is 1. The number of hydrogen-bond donors (Lipinski definition) is 0. The van der Waals surface area contributed by atoms with Gasteiger partial charge in [0.05, 0.1) is 12.1 Å². The third-order valence-corrected chi connectivity index (χ3v) is 4.36. The summed E-state index contributed by atoms with van der Waals surface area (Å²) in [5.74, 6) is 1.69. The highest BCUT2D eigenvalue weighted by atomic mass is 16.5. The van der Waals surface area contributed by atoms with E-state index in [0.29, 0.717) is 18.3 Å². The first-order chi connectivity index (χ1) is 11.9. The molecule has 2 aromatic heterocycles. The first kappa shape index (κ1) is 15.0. The van der Waals surface area contributed by atoms with E-state index < -0.39 is 0 Å². The molecule has 0 saturated carbocycles. The number of rotatable bonds is 5. The summed E-state index contributed by atoms with van der Waals surface area (Å²) in [6.45, 7) is 3.53. The summed E-state index contributed by atoms with van der Waals surface area (Å²) in [5.41, 5.74) is 1.34. The molecule has 4 rings (SSSR count). The molecule has 0 N–H and O–H groups in total. The molecule has 1 atom stereocenters. The molecule has 1 unspecified atom stereocenters. The van der Waals surface area contributed by atoms with E-state index in [-0.39, 0.29) is 0 Å². The SMILES string of the molecule is c1ccc(CN2CCCC(c3nc(Cn4ccnn4)no3)C2)cc1. The van der Waals surface area contributed by atoms with Crippen LogP contribution in [0.4, 0.5) is 0 Å². The Balaban J connectivity index is 1.40. The summed E-state index contributed by atoms with van der Waals surface area (Å²) in [5, 5.41) is 11.8. The van der Waals surface area contributed by atoms with Crippen molar-refractivity contribution in [2.45, 2.75) is 31.8 Å². The Hall–Kier alpha value is -2.54. The van der Waals surface area contributed by atoms with Crippen molar-refractivity contribution in [3.63, 3.8) is 0 Å². The van der Waals surface area contributed by atoms with E-state index in [1.807, 2.05) is 0 Å². The third kappa shape index (κ3) is 3.51. The molecule has 124 valence electrons. The van der Waals surface area contributed by atoms with E-state index in [4.69, 9.17) is 4.52 Å². The molecule has 0 spiro atoms. The number of hydrogen-bond acceptors (Lipinski definition) is 6. The van der Waals surface area contributed by atoms with E-state index in [0.717, 1.165) is 38.4 Å². The summed E-state index contributed by atoms with van der Waals surface area (Å²) in [4.78, 5) is 7.02. The van der Waals surface area contributed by atoms with Gasteiger partial charge in [-0.15, -0.1) is 5.10 Å². The maximum atomic E-state index is 5.50.